The van der Waals surface area contributed by atoms with E-state index < -0.39 is 12.0 Å². The van der Waals surface area contributed by atoms with E-state index in [9.17, 15) is 14.7 Å². The van der Waals surface area contributed by atoms with E-state index in [-0.39, 0.29) is 5.56 Å². The number of nitrogens with zero attached hydrogens (tertiary/aromatic N) is 1. The highest BCUT2D eigenvalue weighted by Gasteiger charge is 2.18. The largest absolute Gasteiger partial charge is 0.495 e. The Balaban J connectivity index is 2.09. The van der Waals surface area contributed by atoms with Gasteiger partial charge in [0.05, 0.1) is 18.2 Å². The molecule has 2 aromatic carbocycles. The van der Waals surface area contributed by atoms with Gasteiger partial charge in [0.2, 0.25) is 0 Å². The summed E-state index contributed by atoms with van der Waals surface area (Å²) in [7, 11) is 4.92. The van der Waals surface area contributed by atoms with E-state index in [1.54, 1.807) is 25.8 Å². The van der Waals surface area contributed by atoms with Crippen molar-refractivity contribution in [3.63, 3.8) is 0 Å². The van der Waals surface area contributed by atoms with Crippen LogP contribution in [0.4, 0.5) is 0 Å². The molecule has 3 rings (SSSR count). The number of pyridine rings is 1. The fraction of sp³-hybridized carbons (Fsp3) is 0.238. The Morgan fingerprint density at radius 3 is 2.44 bits per heavy atom. The van der Waals surface area contributed by atoms with E-state index in [4.69, 9.17) is 4.74 Å². The number of nitrogens with one attached hydrogen (secondary N) is 1. The molecule has 1 heterocycles. The second-order valence-electron chi connectivity index (χ2n) is 6.37. The predicted octanol–water partition coefficient (Wildman–Crippen LogP) is 2.43. The zero-order chi connectivity index (χ0) is 19.6. The summed E-state index contributed by atoms with van der Waals surface area (Å²) in [5.41, 5.74) is 2.76. The van der Waals surface area contributed by atoms with Gasteiger partial charge < -0.3 is 19.7 Å². The van der Waals surface area contributed by atoms with Crippen molar-refractivity contribution in [3.05, 3.63) is 64.4 Å². The van der Waals surface area contributed by atoms with Gasteiger partial charge in [-0.15, -0.1) is 0 Å². The first-order valence-electron chi connectivity index (χ1n) is 8.63. The molecule has 6 heteroatoms. The van der Waals surface area contributed by atoms with Gasteiger partial charge in [-0.3, -0.25) is 9.59 Å². The third kappa shape index (κ3) is 3.44. The van der Waals surface area contributed by atoms with Crippen molar-refractivity contribution in [3.8, 4) is 16.9 Å². The molecular formula is C21H22N2O4. The van der Waals surface area contributed by atoms with Gasteiger partial charge >= 0.3 is 5.97 Å². The Morgan fingerprint density at radius 2 is 1.85 bits per heavy atom. The van der Waals surface area contributed by atoms with Crippen molar-refractivity contribution < 1.29 is 14.6 Å². The van der Waals surface area contributed by atoms with E-state index in [1.807, 2.05) is 48.5 Å². The minimum atomic E-state index is -0.897. The van der Waals surface area contributed by atoms with Crippen LogP contribution < -0.4 is 15.6 Å². The molecule has 2 N–H and O–H groups in total. The Bertz CT molecular complexity index is 1040. The third-order valence-corrected chi connectivity index (χ3v) is 4.79. The van der Waals surface area contributed by atoms with E-state index in [1.165, 1.54) is 0 Å². The predicted molar refractivity (Wildman–Crippen MR) is 105 cm³/mol. The molecule has 27 heavy (non-hydrogen) atoms. The zero-order valence-corrected chi connectivity index (χ0v) is 15.5. The van der Waals surface area contributed by atoms with Gasteiger partial charge in [-0.1, -0.05) is 36.4 Å². The van der Waals surface area contributed by atoms with Gasteiger partial charge in [0, 0.05) is 12.4 Å². The number of hydrogen-bond acceptors (Lipinski definition) is 4. The first-order valence-corrected chi connectivity index (χ1v) is 8.63. The molecule has 0 spiro atoms. The molecule has 0 aliphatic rings. The molecule has 0 unspecified atom stereocenters. The van der Waals surface area contributed by atoms with Crippen LogP contribution in [0.2, 0.25) is 0 Å². The molecule has 0 fully saturated rings. The second kappa shape index (κ2) is 7.63. The van der Waals surface area contributed by atoms with E-state index in [0.717, 1.165) is 22.0 Å². The van der Waals surface area contributed by atoms with Crippen molar-refractivity contribution in [2.24, 2.45) is 7.05 Å². The first kappa shape index (κ1) is 18.7. The molecular weight excluding hydrogens is 344 g/mol. The number of aromatic nitrogens is 1. The molecule has 1 atom stereocenters. The van der Waals surface area contributed by atoms with Crippen LogP contribution in [0.1, 0.15) is 5.56 Å². The molecule has 0 aliphatic carbocycles. The smallest absolute Gasteiger partial charge is 0.321 e. The molecule has 0 radical (unpaired) electrons. The summed E-state index contributed by atoms with van der Waals surface area (Å²) in [5, 5.41) is 12.8. The minimum Gasteiger partial charge on any atom is -0.495 e. The van der Waals surface area contributed by atoms with Gasteiger partial charge in [-0.25, -0.2) is 0 Å². The number of likely N-dealkylation sites (N-methyl/N-ethyl adjacent to an activating group) is 1. The summed E-state index contributed by atoms with van der Waals surface area (Å²) in [5.74, 6) is -0.355. The van der Waals surface area contributed by atoms with Gasteiger partial charge in [0.1, 0.15) is 11.8 Å². The number of aliphatic carboxylic acids is 1. The molecule has 0 bridgehead atoms. The Morgan fingerprint density at radius 1 is 1.19 bits per heavy atom. The maximum Gasteiger partial charge on any atom is 0.321 e. The number of hydrogen-bond donors (Lipinski definition) is 2. The molecule has 0 amide bonds. The normalized spacial score (nSPS) is 12.1. The second-order valence-corrected chi connectivity index (χ2v) is 6.37. The number of carboxylic acids is 1. The summed E-state index contributed by atoms with van der Waals surface area (Å²) in [4.78, 5) is 24.1. The topological polar surface area (TPSA) is 80.6 Å². The van der Waals surface area contributed by atoms with Crippen LogP contribution in [-0.2, 0) is 18.3 Å². The number of ether oxygens (including phenoxy) is 1. The van der Waals surface area contributed by atoms with Crippen molar-refractivity contribution in [2.45, 2.75) is 12.5 Å². The number of carbonyl (C=O) groups is 1. The monoisotopic (exact) mass is 366 g/mol. The first-order chi connectivity index (χ1) is 13.0. The van der Waals surface area contributed by atoms with Crippen LogP contribution in [-0.4, -0.2) is 35.8 Å². The summed E-state index contributed by atoms with van der Waals surface area (Å²) in [6.07, 6.45) is 0.360. The average molecular weight is 366 g/mol. The zero-order valence-electron chi connectivity index (χ0n) is 15.5. The Hall–Kier alpha value is -3.12. The third-order valence-electron chi connectivity index (χ3n) is 4.79. The lowest BCUT2D eigenvalue weighted by Gasteiger charge is -2.15. The van der Waals surface area contributed by atoms with Crippen LogP contribution in [0.25, 0.3) is 22.0 Å². The molecule has 6 nitrogen and oxygen atoms in total. The number of fused-ring (bicyclic) bond motifs is 1. The highest BCUT2D eigenvalue weighted by atomic mass is 16.5. The Labute approximate surface area is 157 Å². The lowest BCUT2D eigenvalue weighted by atomic mass is 9.99. The molecule has 0 aliphatic heterocycles. The average Bonchev–Trinajstić information content (AvgIpc) is 2.69. The van der Waals surface area contributed by atoms with Crippen molar-refractivity contribution >= 4 is 16.9 Å². The van der Waals surface area contributed by atoms with Gasteiger partial charge in [0.15, 0.2) is 0 Å². The number of aryl methyl sites for hydroxylation is 1. The quantitative estimate of drug-likeness (QED) is 0.700. The maximum atomic E-state index is 13.0. The van der Waals surface area contributed by atoms with E-state index in [0.29, 0.717) is 17.7 Å². The van der Waals surface area contributed by atoms with Crippen molar-refractivity contribution in [1.82, 2.24) is 9.88 Å². The maximum absolute atomic E-state index is 13.0. The molecule has 0 saturated heterocycles. The molecule has 0 saturated carbocycles. The van der Waals surface area contributed by atoms with E-state index >= 15 is 0 Å². The summed E-state index contributed by atoms with van der Waals surface area (Å²) in [6.45, 7) is 0. The van der Waals surface area contributed by atoms with Gasteiger partial charge in [0.25, 0.3) is 5.56 Å². The summed E-state index contributed by atoms with van der Waals surface area (Å²) in [6, 6.07) is 14.3. The summed E-state index contributed by atoms with van der Waals surface area (Å²) < 4.78 is 7.21. The van der Waals surface area contributed by atoms with Crippen LogP contribution in [0.3, 0.4) is 0 Å². The number of para-hydroxylation sites is 1. The van der Waals surface area contributed by atoms with E-state index in [2.05, 4.69) is 5.32 Å². The van der Waals surface area contributed by atoms with Crippen molar-refractivity contribution in [1.29, 1.82) is 0 Å². The van der Waals surface area contributed by atoms with Crippen LogP contribution in [0.15, 0.2) is 53.3 Å². The Kier molecular flexibility index (Phi) is 5.28. The number of rotatable bonds is 6. The van der Waals surface area contributed by atoms with Gasteiger partial charge in [-0.2, -0.15) is 0 Å². The summed E-state index contributed by atoms with van der Waals surface area (Å²) >= 11 is 0. The molecule has 140 valence electrons. The molecule has 3 aromatic rings. The number of benzene rings is 2. The SMILES string of the molecule is CN[C@@H](Cc1ccc(-c2c(OC)c3ccccc3n(C)c2=O)cc1)C(=O)O. The minimum absolute atomic E-state index is 0.142. The van der Waals surface area contributed by atoms with Crippen LogP contribution >= 0.6 is 0 Å². The fourth-order valence-corrected chi connectivity index (χ4v) is 3.29. The van der Waals surface area contributed by atoms with Crippen molar-refractivity contribution in [2.75, 3.05) is 14.2 Å². The standard InChI is InChI=1S/C21H22N2O4/c1-22-16(21(25)26)12-13-8-10-14(11-9-13)18-19(27-3)15-6-4-5-7-17(15)23(2)20(18)24/h4-11,16,22H,12H2,1-3H3,(H,25,26)/t16-/m0/s1. The lowest BCUT2D eigenvalue weighted by Crippen LogP contribution is -2.35. The number of methoxy groups -OCH3 is 1. The fourth-order valence-electron chi connectivity index (χ4n) is 3.29. The van der Waals surface area contributed by atoms with Crippen LogP contribution in [0.5, 0.6) is 5.75 Å². The van der Waals surface area contributed by atoms with Crippen LogP contribution in [0, 0.1) is 0 Å². The molecule has 1 aromatic heterocycles. The lowest BCUT2D eigenvalue weighted by molar-refractivity contribution is -0.139. The van der Waals surface area contributed by atoms with Gasteiger partial charge in [-0.05, 0) is 36.7 Å². The highest BCUT2D eigenvalue weighted by Crippen LogP contribution is 2.33. The number of carboxylic acid groups (broad SMARTS) is 1. The highest BCUT2D eigenvalue weighted by molar-refractivity contribution is 5.92.